The van der Waals surface area contributed by atoms with Crippen molar-refractivity contribution in [2.45, 2.75) is 26.8 Å². The molecule has 2 rings (SSSR count). The van der Waals surface area contributed by atoms with Crippen LogP contribution in [0.5, 0.6) is 11.5 Å². The normalized spacial score (nSPS) is 21.8. The Morgan fingerprint density at radius 1 is 1.24 bits per heavy atom. The van der Waals surface area contributed by atoms with E-state index >= 15 is 0 Å². The summed E-state index contributed by atoms with van der Waals surface area (Å²) in [7, 11) is 3.39. The van der Waals surface area contributed by atoms with Crippen LogP contribution in [0.2, 0.25) is 0 Å². The third-order valence-electron chi connectivity index (χ3n) is 3.61. The molecule has 1 aliphatic heterocycles. The Morgan fingerprint density at radius 2 is 1.94 bits per heavy atom. The summed E-state index contributed by atoms with van der Waals surface area (Å²) >= 11 is 0. The molecule has 0 spiro atoms. The van der Waals surface area contributed by atoms with Crippen LogP contribution in [0.25, 0.3) is 0 Å². The minimum absolute atomic E-state index is 0.284. The largest absolute Gasteiger partial charge is 0.497 e. The van der Waals surface area contributed by atoms with Crippen LogP contribution in [0.3, 0.4) is 0 Å². The van der Waals surface area contributed by atoms with Crippen LogP contribution in [0.15, 0.2) is 12.1 Å². The Balaban J connectivity index is 2.46. The minimum atomic E-state index is 0.284. The van der Waals surface area contributed by atoms with Gasteiger partial charge in [-0.05, 0) is 24.0 Å². The molecular weight excluding hydrogens is 214 g/mol. The summed E-state index contributed by atoms with van der Waals surface area (Å²) in [5.74, 6) is 1.76. The Labute approximate surface area is 103 Å². The smallest absolute Gasteiger partial charge is 0.127 e. The highest BCUT2D eigenvalue weighted by Gasteiger charge is 2.41. The highest BCUT2D eigenvalue weighted by molar-refractivity contribution is 5.49. The highest BCUT2D eigenvalue weighted by Crippen LogP contribution is 2.45. The Morgan fingerprint density at radius 3 is 2.35 bits per heavy atom. The van der Waals surface area contributed by atoms with Crippen molar-refractivity contribution >= 4 is 0 Å². The fourth-order valence-electron chi connectivity index (χ4n) is 2.50. The van der Waals surface area contributed by atoms with Crippen LogP contribution in [-0.4, -0.2) is 20.8 Å². The molecule has 0 aromatic heterocycles. The fourth-order valence-corrected chi connectivity index (χ4v) is 2.50. The lowest BCUT2D eigenvalue weighted by molar-refractivity contribution is 0.125. The maximum atomic E-state index is 5.50. The van der Waals surface area contributed by atoms with Gasteiger partial charge >= 0.3 is 0 Å². The van der Waals surface area contributed by atoms with E-state index in [0.29, 0.717) is 6.04 Å². The van der Waals surface area contributed by atoms with E-state index in [9.17, 15) is 0 Å². The van der Waals surface area contributed by atoms with Gasteiger partial charge in [0, 0.05) is 24.2 Å². The number of aryl methyl sites for hydroxylation is 1. The van der Waals surface area contributed by atoms with Crippen molar-refractivity contribution in [1.29, 1.82) is 0 Å². The second-order valence-corrected chi connectivity index (χ2v) is 5.36. The molecule has 1 aromatic rings. The number of rotatable bonds is 3. The average molecular weight is 235 g/mol. The van der Waals surface area contributed by atoms with Gasteiger partial charge in [0.1, 0.15) is 11.5 Å². The third kappa shape index (κ3) is 2.00. The molecule has 1 aliphatic rings. The number of benzene rings is 1. The molecule has 1 aromatic carbocycles. The van der Waals surface area contributed by atoms with Crippen LogP contribution in [0.4, 0.5) is 0 Å². The summed E-state index contributed by atoms with van der Waals surface area (Å²) in [4.78, 5) is 0. The van der Waals surface area contributed by atoms with Gasteiger partial charge in [0.05, 0.1) is 14.2 Å². The second kappa shape index (κ2) is 4.22. The van der Waals surface area contributed by atoms with E-state index in [-0.39, 0.29) is 5.41 Å². The first kappa shape index (κ1) is 12.2. The quantitative estimate of drug-likeness (QED) is 0.873. The number of ether oxygens (including phenoxy) is 2. The van der Waals surface area contributed by atoms with Crippen LogP contribution < -0.4 is 14.8 Å². The van der Waals surface area contributed by atoms with E-state index in [1.807, 2.05) is 6.07 Å². The molecular formula is C14H21NO2. The topological polar surface area (TPSA) is 30.5 Å². The summed E-state index contributed by atoms with van der Waals surface area (Å²) in [6, 6.07) is 4.38. The monoisotopic (exact) mass is 235 g/mol. The van der Waals surface area contributed by atoms with Crippen LogP contribution in [0.1, 0.15) is 31.0 Å². The SMILES string of the molecule is COc1cc(C)c(C2NCC2(C)C)c(OC)c1. The van der Waals surface area contributed by atoms with Crippen molar-refractivity contribution in [3.05, 3.63) is 23.3 Å². The van der Waals surface area contributed by atoms with Crippen molar-refractivity contribution < 1.29 is 9.47 Å². The number of hydrogen-bond acceptors (Lipinski definition) is 3. The number of hydrogen-bond donors (Lipinski definition) is 1. The summed E-state index contributed by atoms with van der Waals surface area (Å²) in [5.41, 5.74) is 2.75. The van der Waals surface area contributed by atoms with Gasteiger partial charge in [-0.2, -0.15) is 0 Å². The van der Waals surface area contributed by atoms with Crippen LogP contribution in [0, 0.1) is 12.3 Å². The first-order valence-electron chi connectivity index (χ1n) is 5.95. The molecule has 1 N–H and O–H groups in total. The van der Waals surface area contributed by atoms with E-state index in [2.05, 4.69) is 32.2 Å². The van der Waals surface area contributed by atoms with E-state index in [0.717, 1.165) is 18.0 Å². The molecule has 1 saturated heterocycles. The van der Waals surface area contributed by atoms with E-state index < -0.39 is 0 Å². The summed E-state index contributed by atoms with van der Waals surface area (Å²) < 4.78 is 10.8. The van der Waals surface area contributed by atoms with E-state index in [1.165, 1.54) is 11.1 Å². The molecule has 0 aliphatic carbocycles. The van der Waals surface area contributed by atoms with Gasteiger partial charge in [-0.1, -0.05) is 13.8 Å². The zero-order valence-corrected chi connectivity index (χ0v) is 11.3. The van der Waals surface area contributed by atoms with Crippen molar-refractivity contribution in [2.75, 3.05) is 20.8 Å². The summed E-state index contributed by atoms with van der Waals surface area (Å²) in [6.07, 6.45) is 0. The van der Waals surface area contributed by atoms with Gasteiger partial charge in [0.25, 0.3) is 0 Å². The highest BCUT2D eigenvalue weighted by atomic mass is 16.5. The predicted molar refractivity (Wildman–Crippen MR) is 68.8 cm³/mol. The van der Waals surface area contributed by atoms with Gasteiger partial charge in [0.2, 0.25) is 0 Å². The molecule has 1 atom stereocenters. The Kier molecular flexibility index (Phi) is 3.04. The van der Waals surface area contributed by atoms with Crippen LogP contribution >= 0.6 is 0 Å². The summed E-state index contributed by atoms with van der Waals surface area (Å²) in [6.45, 7) is 7.71. The average Bonchev–Trinajstić information content (AvgIpc) is 2.29. The molecule has 3 nitrogen and oxygen atoms in total. The van der Waals surface area contributed by atoms with Crippen LogP contribution in [-0.2, 0) is 0 Å². The molecule has 0 radical (unpaired) electrons. The fraction of sp³-hybridized carbons (Fsp3) is 0.571. The zero-order chi connectivity index (χ0) is 12.6. The molecule has 1 unspecified atom stereocenters. The van der Waals surface area contributed by atoms with E-state index in [4.69, 9.17) is 9.47 Å². The second-order valence-electron chi connectivity index (χ2n) is 5.36. The molecule has 1 heterocycles. The molecule has 17 heavy (non-hydrogen) atoms. The molecule has 0 saturated carbocycles. The van der Waals surface area contributed by atoms with Crippen molar-refractivity contribution in [3.63, 3.8) is 0 Å². The maximum Gasteiger partial charge on any atom is 0.127 e. The van der Waals surface area contributed by atoms with Crippen molar-refractivity contribution in [3.8, 4) is 11.5 Å². The van der Waals surface area contributed by atoms with Gasteiger partial charge in [-0.15, -0.1) is 0 Å². The lowest BCUT2D eigenvalue weighted by Gasteiger charge is -2.47. The predicted octanol–water partition coefficient (Wildman–Crippen LogP) is 2.68. The molecule has 0 amide bonds. The standard InChI is InChI=1S/C14H21NO2/c1-9-6-10(16-4)7-11(17-5)12(9)13-14(2,3)8-15-13/h6-7,13,15H,8H2,1-5H3. The maximum absolute atomic E-state index is 5.50. The first-order valence-corrected chi connectivity index (χ1v) is 5.95. The Bertz CT molecular complexity index is 426. The van der Waals surface area contributed by atoms with Gasteiger partial charge in [-0.3, -0.25) is 0 Å². The zero-order valence-electron chi connectivity index (χ0n) is 11.3. The number of nitrogens with one attached hydrogen (secondary N) is 1. The van der Waals surface area contributed by atoms with Crippen molar-refractivity contribution in [1.82, 2.24) is 5.32 Å². The lowest BCUT2D eigenvalue weighted by Crippen LogP contribution is -2.52. The number of methoxy groups -OCH3 is 2. The molecule has 1 fully saturated rings. The summed E-state index contributed by atoms with van der Waals surface area (Å²) in [5, 5.41) is 3.48. The third-order valence-corrected chi connectivity index (χ3v) is 3.61. The lowest BCUT2D eigenvalue weighted by atomic mass is 9.72. The molecule has 94 valence electrons. The van der Waals surface area contributed by atoms with Gasteiger partial charge in [0.15, 0.2) is 0 Å². The minimum Gasteiger partial charge on any atom is -0.497 e. The Hall–Kier alpha value is -1.22. The van der Waals surface area contributed by atoms with Crippen molar-refractivity contribution in [2.24, 2.45) is 5.41 Å². The molecule has 3 heteroatoms. The molecule has 0 bridgehead atoms. The van der Waals surface area contributed by atoms with Gasteiger partial charge in [-0.25, -0.2) is 0 Å². The van der Waals surface area contributed by atoms with E-state index in [1.54, 1.807) is 14.2 Å². The first-order chi connectivity index (χ1) is 7.99. The van der Waals surface area contributed by atoms with Gasteiger partial charge < -0.3 is 14.8 Å².